The van der Waals surface area contributed by atoms with Crippen LogP contribution in [0.25, 0.3) is 11.4 Å². The van der Waals surface area contributed by atoms with Crippen LogP contribution >= 0.6 is 0 Å². The van der Waals surface area contributed by atoms with E-state index >= 15 is 0 Å². The minimum atomic E-state index is -0.822. The van der Waals surface area contributed by atoms with Gasteiger partial charge in [0, 0.05) is 31.5 Å². The van der Waals surface area contributed by atoms with E-state index in [-0.39, 0.29) is 23.9 Å². The molecule has 7 nitrogen and oxygen atoms in total. The molecule has 0 atom stereocenters. The molecule has 132 valence electrons. The highest BCUT2D eigenvalue weighted by Gasteiger charge is 2.22. The van der Waals surface area contributed by atoms with Gasteiger partial charge >= 0.3 is 0 Å². The predicted octanol–water partition coefficient (Wildman–Crippen LogP) is 1.95. The van der Waals surface area contributed by atoms with Crippen LogP contribution < -0.4 is 5.56 Å². The van der Waals surface area contributed by atoms with Crippen LogP contribution in [0.1, 0.15) is 16.1 Å². The summed E-state index contributed by atoms with van der Waals surface area (Å²) in [6, 6.07) is 8.99. The van der Waals surface area contributed by atoms with Gasteiger partial charge in [-0.05, 0) is 29.8 Å². The standard InChI is InChI=1S/C18H15FN4O3/c1-23(10-11-4-6-13(19)7-5-11)18(26)14-15(24)17(25)22-16(21-14)12-3-2-8-20-9-12/h2-9,24H,10H2,1H3,(H,21,22,25). The van der Waals surface area contributed by atoms with Crippen molar-refractivity contribution in [1.82, 2.24) is 19.9 Å². The van der Waals surface area contributed by atoms with Crippen LogP contribution in [-0.4, -0.2) is 37.9 Å². The zero-order valence-corrected chi connectivity index (χ0v) is 13.8. The monoisotopic (exact) mass is 354 g/mol. The fourth-order valence-corrected chi connectivity index (χ4v) is 2.37. The lowest BCUT2D eigenvalue weighted by molar-refractivity contribution is 0.0775. The van der Waals surface area contributed by atoms with Gasteiger partial charge in [0.25, 0.3) is 11.5 Å². The molecule has 8 heteroatoms. The molecular weight excluding hydrogens is 339 g/mol. The van der Waals surface area contributed by atoms with Crippen LogP contribution in [-0.2, 0) is 6.54 Å². The zero-order valence-electron chi connectivity index (χ0n) is 13.8. The number of aromatic amines is 1. The third-order valence-corrected chi connectivity index (χ3v) is 3.71. The maximum Gasteiger partial charge on any atom is 0.294 e. The number of hydrogen-bond donors (Lipinski definition) is 2. The largest absolute Gasteiger partial charge is 0.501 e. The Bertz CT molecular complexity index is 988. The van der Waals surface area contributed by atoms with E-state index in [4.69, 9.17) is 0 Å². The van der Waals surface area contributed by atoms with Crippen LogP contribution in [0.2, 0.25) is 0 Å². The normalized spacial score (nSPS) is 10.5. The van der Waals surface area contributed by atoms with Gasteiger partial charge in [-0.25, -0.2) is 9.37 Å². The Balaban J connectivity index is 1.92. The number of carbonyl (C=O) groups excluding carboxylic acids is 1. The van der Waals surface area contributed by atoms with Crippen molar-refractivity contribution >= 4 is 5.91 Å². The number of hydrogen-bond acceptors (Lipinski definition) is 5. The molecule has 0 spiro atoms. The first kappa shape index (κ1) is 17.3. The number of amides is 1. The first-order valence-electron chi connectivity index (χ1n) is 7.69. The van der Waals surface area contributed by atoms with Crippen molar-refractivity contribution in [3.8, 4) is 17.1 Å². The molecule has 1 amide bonds. The number of halogens is 1. The summed E-state index contributed by atoms with van der Waals surface area (Å²) in [6.07, 6.45) is 3.04. The average Bonchev–Trinajstić information content (AvgIpc) is 2.65. The number of aromatic hydroxyl groups is 1. The molecule has 2 heterocycles. The number of aromatic nitrogens is 3. The fourth-order valence-electron chi connectivity index (χ4n) is 2.37. The highest BCUT2D eigenvalue weighted by atomic mass is 19.1. The van der Waals surface area contributed by atoms with Crippen LogP contribution in [0.5, 0.6) is 5.75 Å². The van der Waals surface area contributed by atoms with E-state index in [0.717, 1.165) is 0 Å². The highest BCUT2D eigenvalue weighted by Crippen LogP contribution is 2.18. The Labute approximate surface area is 147 Å². The Hall–Kier alpha value is -3.55. The van der Waals surface area contributed by atoms with Crippen LogP contribution in [0.4, 0.5) is 4.39 Å². The van der Waals surface area contributed by atoms with Gasteiger partial charge in [-0.15, -0.1) is 0 Å². The predicted molar refractivity (Wildman–Crippen MR) is 92.0 cm³/mol. The van der Waals surface area contributed by atoms with Crippen molar-refractivity contribution in [3.63, 3.8) is 0 Å². The molecule has 0 aliphatic rings. The lowest BCUT2D eigenvalue weighted by Gasteiger charge is -2.17. The maximum absolute atomic E-state index is 13.0. The van der Waals surface area contributed by atoms with Crippen molar-refractivity contribution in [2.45, 2.75) is 6.54 Å². The Morgan fingerprint density at radius 2 is 2.00 bits per heavy atom. The summed E-state index contributed by atoms with van der Waals surface area (Å²) in [5, 5.41) is 9.97. The Morgan fingerprint density at radius 1 is 1.27 bits per heavy atom. The first-order valence-corrected chi connectivity index (χ1v) is 7.69. The van der Waals surface area contributed by atoms with E-state index in [2.05, 4.69) is 15.0 Å². The number of benzene rings is 1. The van der Waals surface area contributed by atoms with E-state index in [0.29, 0.717) is 11.1 Å². The summed E-state index contributed by atoms with van der Waals surface area (Å²) in [4.78, 5) is 36.3. The lowest BCUT2D eigenvalue weighted by atomic mass is 10.2. The Morgan fingerprint density at radius 3 is 2.65 bits per heavy atom. The molecule has 0 radical (unpaired) electrons. The third kappa shape index (κ3) is 3.59. The number of nitrogens with one attached hydrogen (secondary N) is 1. The molecule has 0 bridgehead atoms. The van der Waals surface area contributed by atoms with Gasteiger partial charge in [-0.2, -0.15) is 0 Å². The fraction of sp³-hybridized carbons (Fsp3) is 0.111. The van der Waals surface area contributed by atoms with Crippen LogP contribution in [0, 0.1) is 5.82 Å². The number of H-pyrrole nitrogens is 1. The summed E-state index contributed by atoms with van der Waals surface area (Å²) in [7, 11) is 1.50. The van der Waals surface area contributed by atoms with Crippen molar-refractivity contribution < 1.29 is 14.3 Å². The van der Waals surface area contributed by atoms with Crippen LogP contribution in [0.3, 0.4) is 0 Å². The van der Waals surface area contributed by atoms with Crippen molar-refractivity contribution in [1.29, 1.82) is 0 Å². The SMILES string of the molecule is CN(Cc1ccc(F)cc1)C(=O)c1nc(-c2cccnc2)[nH]c(=O)c1O. The van der Waals surface area contributed by atoms with E-state index < -0.39 is 17.2 Å². The molecule has 0 unspecified atom stereocenters. The second kappa shape index (κ2) is 7.14. The molecule has 2 aromatic heterocycles. The molecule has 0 saturated heterocycles. The molecule has 0 aliphatic heterocycles. The number of rotatable bonds is 4. The summed E-state index contributed by atoms with van der Waals surface area (Å²) >= 11 is 0. The molecule has 0 aliphatic carbocycles. The smallest absolute Gasteiger partial charge is 0.294 e. The van der Waals surface area contributed by atoms with Gasteiger partial charge in [-0.1, -0.05) is 12.1 Å². The second-order valence-corrected chi connectivity index (χ2v) is 5.64. The molecule has 0 fully saturated rings. The van der Waals surface area contributed by atoms with Gasteiger partial charge in [0.05, 0.1) is 0 Å². The zero-order chi connectivity index (χ0) is 18.7. The van der Waals surface area contributed by atoms with Crippen molar-refractivity contribution in [3.05, 3.63) is 76.2 Å². The van der Waals surface area contributed by atoms with E-state index in [1.165, 1.54) is 30.3 Å². The third-order valence-electron chi connectivity index (χ3n) is 3.71. The molecular formula is C18H15FN4O3. The summed E-state index contributed by atoms with van der Waals surface area (Å²) < 4.78 is 13.0. The Kier molecular flexibility index (Phi) is 4.74. The summed E-state index contributed by atoms with van der Waals surface area (Å²) in [5.74, 6) is -1.64. The molecule has 2 N–H and O–H groups in total. The lowest BCUT2D eigenvalue weighted by Crippen LogP contribution is -2.29. The van der Waals surface area contributed by atoms with Gasteiger partial charge in [0.2, 0.25) is 5.75 Å². The second-order valence-electron chi connectivity index (χ2n) is 5.64. The van der Waals surface area contributed by atoms with E-state index in [9.17, 15) is 19.1 Å². The van der Waals surface area contributed by atoms with E-state index in [1.54, 1.807) is 30.5 Å². The number of carbonyl (C=O) groups is 1. The molecule has 26 heavy (non-hydrogen) atoms. The highest BCUT2D eigenvalue weighted by molar-refractivity contribution is 5.94. The minimum absolute atomic E-state index is 0.124. The quantitative estimate of drug-likeness (QED) is 0.746. The van der Waals surface area contributed by atoms with Crippen LogP contribution in [0.15, 0.2) is 53.6 Å². The van der Waals surface area contributed by atoms with E-state index in [1.807, 2.05) is 0 Å². The van der Waals surface area contributed by atoms with Gasteiger partial charge < -0.3 is 15.0 Å². The number of nitrogens with zero attached hydrogens (tertiary/aromatic N) is 3. The van der Waals surface area contributed by atoms with Crippen molar-refractivity contribution in [2.75, 3.05) is 7.05 Å². The summed E-state index contributed by atoms with van der Waals surface area (Å²) in [6.45, 7) is 0.162. The van der Waals surface area contributed by atoms with Crippen molar-refractivity contribution in [2.24, 2.45) is 0 Å². The maximum atomic E-state index is 13.0. The minimum Gasteiger partial charge on any atom is -0.501 e. The van der Waals surface area contributed by atoms with Gasteiger partial charge in [0.1, 0.15) is 11.6 Å². The number of pyridine rings is 1. The van der Waals surface area contributed by atoms with Gasteiger partial charge in [0.15, 0.2) is 5.69 Å². The summed E-state index contributed by atoms with van der Waals surface area (Å²) in [5.41, 5.74) is 0.00787. The molecule has 0 saturated carbocycles. The topological polar surface area (TPSA) is 99.2 Å². The molecule has 1 aromatic carbocycles. The molecule has 3 rings (SSSR count). The van der Waals surface area contributed by atoms with Gasteiger partial charge in [-0.3, -0.25) is 14.6 Å². The molecule has 3 aromatic rings. The first-order chi connectivity index (χ1) is 12.5. The average molecular weight is 354 g/mol.